The molecule has 0 fully saturated rings. The molecule has 0 spiro atoms. The van der Waals surface area contributed by atoms with Gasteiger partial charge in [-0.25, -0.2) is 0 Å². The van der Waals surface area contributed by atoms with E-state index in [0.717, 1.165) is 0 Å². The van der Waals surface area contributed by atoms with Crippen LogP contribution in [-0.2, 0) is 9.19 Å². The number of rotatable bonds is 2. The van der Waals surface area contributed by atoms with Crippen molar-refractivity contribution in [3.8, 4) is 0 Å². The van der Waals surface area contributed by atoms with Gasteiger partial charge in [-0.2, -0.15) is 0 Å². The fraction of sp³-hybridized carbons (Fsp3) is 0. The molecule has 0 aliphatic carbocycles. The Bertz CT molecular complexity index is 118. The second-order valence-corrected chi connectivity index (χ2v) is 1.47. The van der Waals surface area contributed by atoms with Crippen molar-refractivity contribution < 1.29 is 14.1 Å². The first-order valence-corrected chi connectivity index (χ1v) is 2.68. The Kier molecular flexibility index (Phi) is 2.83. The molecule has 1 atom stereocenters. The largest absolute Gasteiger partial charge is 0.770 e. The summed E-state index contributed by atoms with van der Waals surface area (Å²) in [6.45, 7) is 0. The first-order chi connectivity index (χ1) is 3.63. The van der Waals surface area contributed by atoms with Crippen LogP contribution in [0.25, 0.3) is 0 Å². The summed E-state index contributed by atoms with van der Waals surface area (Å²) in [6.07, 6.45) is 0. The van der Waals surface area contributed by atoms with Gasteiger partial charge in [-0.15, -0.1) is 9.52 Å². The van der Waals surface area contributed by atoms with Crippen LogP contribution in [-0.4, -0.2) is 10.9 Å². The van der Waals surface area contributed by atoms with E-state index in [1.165, 1.54) is 0 Å². The monoisotopic (exact) mass is 138 g/mol. The van der Waals surface area contributed by atoms with Gasteiger partial charge in [0.15, 0.2) is 0 Å². The number of nitrogens with two attached hydrogens (primary N) is 2. The predicted octanol–water partition coefficient (Wildman–Crippen LogP) is -1.16. The molecule has 0 aromatic rings. The Labute approximate surface area is 46.1 Å². The van der Waals surface area contributed by atoms with Gasteiger partial charge in [-0.1, -0.05) is 0 Å². The summed E-state index contributed by atoms with van der Waals surface area (Å²) in [5, 5.41) is 2.76. The summed E-state index contributed by atoms with van der Waals surface area (Å²) in [5.41, 5.74) is 9.41. The summed E-state index contributed by atoms with van der Waals surface area (Å²) in [6, 6.07) is 0. The van der Waals surface area contributed by atoms with Crippen LogP contribution < -0.4 is 11.5 Å². The minimum Gasteiger partial charge on any atom is -0.367 e. The van der Waals surface area contributed by atoms with Gasteiger partial charge in [-0.05, 0) is 0 Å². The lowest BCUT2D eigenvalue weighted by Gasteiger charge is -1.77. The van der Waals surface area contributed by atoms with Gasteiger partial charge in [0.1, 0.15) is 0 Å². The van der Waals surface area contributed by atoms with Gasteiger partial charge in [0.2, 0.25) is 5.96 Å². The van der Waals surface area contributed by atoms with E-state index in [9.17, 15) is 4.57 Å². The quantitative estimate of drug-likeness (QED) is 0.193. The third-order valence-corrected chi connectivity index (χ3v) is 0.437. The lowest BCUT2D eigenvalue weighted by atomic mass is 11.1. The molecule has 0 saturated heterocycles. The Morgan fingerprint density at radius 3 is 2.38 bits per heavy atom. The lowest BCUT2D eigenvalue weighted by molar-refractivity contribution is 0.296. The molecule has 0 aromatic carbocycles. The number of guanidine groups is 1. The second-order valence-electron chi connectivity index (χ2n) is 0.836. The van der Waals surface area contributed by atoms with Crippen molar-refractivity contribution >= 4 is 14.2 Å². The van der Waals surface area contributed by atoms with Crippen molar-refractivity contribution in [1.29, 1.82) is 0 Å². The molecule has 7 heteroatoms. The van der Waals surface area contributed by atoms with Gasteiger partial charge in [0.25, 0.3) is 0 Å². The van der Waals surface area contributed by atoms with Gasteiger partial charge in [-0.3, -0.25) is 0 Å². The first-order valence-electron chi connectivity index (χ1n) is 1.55. The molecule has 0 saturated carbocycles. The molecular formula is CH5N3O3P+. The summed E-state index contributed by atoms with van der Waals surface area (Å²) >= 11 is 0. The van der Waals surface area contributed by atoms with E-state index >= 15 is 0 Å². The fourth-order valence-corrected chi connectivity index (χ4v) is 0.246. The average molecular weight is 138 g/mol. The highest BCUT2D eigenvalue weighted by Gasteiger charge is 2.10. The molecule has 0 aromatic heterocycles. The van der Waals surface area contributed by atoms with Gasteiger partial charge < -0.3 is 11.5 Å². The van der Waals surface area contributed by atoms with Crippen LogP contribution in [0.3, 0.4) is 0 Å². The van der Waals surface area contributed by atoms with Crippen molar-refractivity contribution in [2.24, 2.45) is 16.6 Å². The van der Waals surface area contributed by atoms with E-state index in [-0.39, 0.29) is 5.96 Å². The van der Waals surface area contributed by atoms with Crippen LogP contribution in [0.5, 0.6) is 0 Å². The Hall–Kier alpha value is -0.870. The Balaban J connectivity index is 3.45. The number of nitrogens with zero attached hydrogens (tertiary/aromatic N) is 1. The van der Waals surface area contributed by atoms with Crippen LogP contribution in [0.1, 0.15) is 0 Å². The van der Waals surface area contributed by atoms with Crippen molar-refractivity contribution in [3.63, 3.8) is 0 Å². The maximum absolute atomic E-state index is 9.61. The Morgan fingerprint density at radius 1 is 1.75 bits per heavy atom. The highest BCUT2D eigenvalue weighted by molar-refractivity contribution is 7.32. The third-order valence-electron chi connectivity index (χ3n) is 0.216. The van der Waals surface area contributed by atoms with Crippen LogP contribution in [0.15, 0.2) is 5.16 Å². The van der Waals surface area contributed by atoms with Crippen molar-refractivity contribution in [2.75, 3.05) is 0 Å². The molecular weight excluding hydrogens is 133 g/mol. The summed E-state index contributed by atoms with van der Waals surface area (Å²) in [4.78, 5) is 7.87. The van der Waals surface area contributed by atoms with E-state index in [0.29, 0.717) is 0 Å². The van der Waals surface area contributed by atoms with Gasteiger partial charge in [0.05, 0.1) is 0 Å². The van der Waals surface area contributed by atoms with E-state index in [2.05, 4.69) is 9.78 Å². The standard InChI is InChI=1S/CH4N3O3P/c2-1(3)4-7-8(5)6/h(H4-,2,3,4,5,6)/p+1. The molecule has 0 radical (unpaired) electrons. The SMILES string of the molecule is NC(N)=NO[P+](=O)O. The minimum atomic E-state index is -2.73. The Morgan fingerprint density at radius 2 is 2.25 bits per heavy atom. The molecule has 0 rings (SSSR count). The maximum atomic E-state index is 9.61. The van der Waals surface area contributed by atoms with E-state index < -0.39 is 8.25 Å². The van der Waals surface area contributed by atoms with Gasteiger partial charge >= 0.3 is 8.25 Å². The summed E-state index contributed by atoms with van der Waals surface area (Å²) in [5.74, 6) is -0.387. The molecule has 0 heterocycles. The van der Waals surface area contributed by atoms with E-state index in [1.54, 1.807) is 0 Å². The van der Waals surface area contributed by atoms with Crippen LogP contribution in [0, 0.1) is 0 Å². The van der Waals surface area contributed by atoms with E-state index in [1.807, 2.05) is 0 Å². The lowest BCUT2D eigenvalue weighted by Crippen LogP contribution is -2.22. The predicted molar refractivity (Wildman–Crippen MR) is 26.7 cm³/mol. The van der Waals surface area contributed by atoms with Crippen molar-refractivity contribution in [2.45, 2.75) is 0 Å². The number of hydrogen-bond donors (Lipinski definition) is 3. The minimum absolute atomic E-state index is 0.387. The number of hydrogen-bond acceptors (Lipinski definition) is 3. The second kappa shape index (κ2) is 3.17. The normalized spacial score (nSPS) is 9.88. The molecule has 6 nitrogen and oxygen atoms in total. The highest BCUT2D eigenvalue weighted by Crippen LogP contribution is 2.13. The zero-order valence-corrected chi connectivity index (χ0v) is 4.71. The molecule has 46 valence electrons. The molecule has 0 aliphatic rings. The fourth-order valence-electron chi connectivity index (χ4n) is 0.0821. The zero-order valence-electron chi connectivity index (χ0n) is 3.81. The van der Waals surface area contributed by atoms with Crippen LogP contribution >= 0.6 is 8.25 Å². The highest BCUT2D eigenvalue weighted by atomic mass is 31.1. The van der Waals surface area contributed by atoms with Crippen LogP contribution in [0.4, 0.5) is 0 Å². The molecule has 0 bridgehead atoms. The molecule has 1 unspecified atom stereocenters. The topological polar surface area (TPSA) is 111 Å². The number of oxime groups is 1. The van der Waals surface area contributed by atoms with Crippen molar-refractivity contribution in [1.82, 2.24) is 0 Å². The average Bonchev–Trinajstić information content (AvgIpc) is 1.61. The van der Waals surface area contributed by atoms with E-state index in [4.69, 9.17) is 16.4 Å². The van der Waals surface area contributed by atoms with Crippen molar-refractivity contribution in [3.05, 3.63) is 0 Å². The maximum Gasteiger partial charge on any atom is 0.770 e. The smallest absolute Gasteiger partial charge is 0.367 e. The summed E-state index contributed by atoms with van der Waals surface area (Å²) < 4.78 is 13.3. The third kappa shape index (κ3) is 5.13. The molecule has 0 amide bonds. The zero-order chi connectivity index (χ0) is 6.57. The summed E-state index contributed by atoms with van der Waals surface area (Å²) in [7, 11) is -2.73. The first kappa shape index (κ1) is 7.13. The molecule has 5 N–H and O–H groups in total. The van der Waals surface area contributed by atoms with Gasteiger partial charge in [0, 0.05) is 9.72 Å². The molecule has 0 aliphatic heterocycles. The molecule has 8 heavy (non-hydrogen) atoms. The van der Waals surface area contributed by atoms with Crippen LogP contribution in [0.2, 0.25) is 0 Å².